The Kier molecular flexibility index (Phi) is 24.4. The van der Waals surface area contributed by atoms with Crippen molar-refractivity contribution in [1.82, 2.24) is 5.32 Å². The minimum Gasteiger partial charge on any atom is -0.457 e. The van der Waals surface area contributed by atoms with E-state index >= 15 is 0 Å². The fourth-order valence-electron chi connectivity index (χ4n) is 10.5. The van der Waals surface area contributed by atoms with Crippen LogP contribution in [0.4, 0.5) is 0 Å². The Morgan fingerprint density at radius 1 is 0.430 bits per heavy atom. The van der Waals surface area contributed by atoms with Gasteiger partial charge in [0, 0.05) is 13.3 Å². The smallest absolute Gasteiger partial charge is 0.306 e. The van der Waals surface area contributed by atoms with Crippen molar-refractivity contribution in [1.29, 1.82) is 0 Å². The summed E-state index contributed by atoms with van der Waals surface area (Å²) in [6.45, 7) is 1.98. The highest BCUT2D eigenvalue weighted by Crippen LogP contribution is 2.38. The van der Waals surface area contributed by atoms with Crippen molar-refractivity contribution >= 4 is 17.7 Å². The lowest BCUT2D eigenvalue weighted by molar-refractivity contribution is -0.385. The van der Waals surface area contributed by atoms with Gasteiger partial charge in [-0.25, -0.2) is 0 Å². The number of aliphatic hydroxyl groups is 3. The highest BCUT2D eigenvalue weighted by Gasteiger charge is 2.57. The number of carbonyl (C=O) groups excluding carboxylic acids is 3. The molecule has 0 saturated carbocycles. The number of rotatable bonds is 30. The molecule has 0 aliphatic carbocycles. The summed E-state index contributed by atoms with van der Waals surface area (Å²) in [5.74, 6) is -1.70. The number of amides is 1. The molecule has 3 fully saturated rings. The summed E-state index contributed by atoms with van der Waals surface area (Å²) in [5.41, 5.74) is 4.97. The Hall–Kier alpha value is -6.63. The average molecular weight is 1180 g/mol. The van der Waals surface area contributed by atoms with Crippen molar-refractivity contribution in [2.24, 2.45) is 0 Å². The molecule has 0 aromatic heterocycles. The number of ketones is 1. The van der Waals surface area contributed by atoms with E-state index in [-0.39, 0.29) is 71.5 Å². The molecule has 3 saturated heterocycles. The molecule has 19 nitrogen and oxygen atoms in total. The lowest BCUT2D eigenvalue weighted by atomic mass is 9.94. The van der Waals surface area contributed by atoms with Crippen LogP contribution in [0.15, 0.2) is 182 Å². The van der Waals surface area contributed by atoms with Crippen molar-refractivity contribution in [2.45, 2.75) is 158 Å². The van der Waals surface area contributed by atoms with Gasteiger partial charge in [-0.3, -0.25) is 9.59 Å². The van der Waals surface area contributed by atoms with E-state index in [9.17, 15) is 29.7 Å². The number of hydrogen-bond acceptors (Lipinski definition) is 18. The maximum absolute atomic E-state index is 13.4. The van der Waals surface area contributed by atoms with Crippen LogP contribution in [-0.2, 0) is 111 Å². The summed E-state index contributed by atoms with van der Waals surface area (Å²) in [6.07, 6.45) is -19.0. The SMILES string of the molecule is CC(=O)CCC(=O)O[C@H]1[C@@H](O)[C@@H](CO)O[C@@H](O[C@@H]2[C@H](OCc3ccccc3)[C@@H](OCc3ccccc3)[C@H](O[C@H]3[C@H](OCc4ccccc4)[C@@H](OCc4ccccc4)[C@H](O)O[C@@H]3COCc3ccccc3)O[C@@H]2COCc2ccccc2)[C@@H]1NC(C)=O. The van der Waals surface area contributed by atoms with Crippen molar-refractivity contribution < 1.29 is 86.5 Å². The summed E-state index contributed by atoms with van der Waals surface area (Å²) < 4.78 is 81.2. The molecule has 3 aliphatic heterocycles. The second-order valence-corrected chi connectivity index (χ2v) is 21.5. The molecule has 1 amide bonds. The molecule has 0 unspecified atom stereocenters. The molecule has 9 rings (SSSR count). The van der Waals surface area contributed by atoms with E-state index in [1.807, 2.05) is 182 Å². The van der Waals surface area contributed by atoms with Crippen LogP contribution in [0.25, 0.3) is 0 Å². The fourth-order valence-corrected chi connectivity index (χ4v) is 10.5. The fraction of sp³-hybridized carbons (Fsp3) is 0.418. The zero-order valence-electron chi connectivity index (χ0n) is 48.2. The third-order valence-corrected chi connectivity index (χ3v) is 14.9. The molecule has 0 spiro atoms. The van der Waals surface area contributed by atoms with Crippen LogP contribution >= 0.6 is 0 Å². The minimum absolute atomic E-state index is 0.00637. The Bertz CT molecular complexity index is 2940. The third-order valence-electron chi connectivity index (χ3n) is 14.9. The van der Waals surface area contributed by atoms with E-state index in [2.05, 4.69) is 5.32 Å². The highest BCUT2D eigenvalue weighted by molar-refractivity contribution is 5.81. The summed E-state index contributed by atoms with van der Waals surface area (Å²) in [7, 11) is 0. The highest BCUT2D eigenvalue weighted by atomic mass is 16.8. The largest absolute Gasteiger partial charge is 0.457 e. The first-order valence-corrected chi connectivity index (χ1v) is 29.1. The van der Waals surface area contributed by atoms with Crippen LogP contribution in [0.2, 0.25) is 0 Å². The Labute approximate surface area is 501 Å². The van der Waals surface area contributed by atoms with Gasteiger partial charge in [-0.1, -0.05) is 182 Å². The molecule has 19 heteroatoms. The molecule has 15 atom stereocenters. The standard InChI is InChI=1S/C67H77NO18/c1-44(70)33-34-55(72)84-60-56(68-45(2)71)66(82-52(35-69)57(60)73)85-59-54(43-76-37-47-23-11-4-12-24-47)83-67(64(80-41-51-31-19-8-20-32-51)62(59)78-39-49-27-15-6-16-28-49)86-58-53(42-75-36-46-21-9-3-10-22-46)81-65(74)63(79-40-50-29-17-7-18-30-50)61(58)77-38-48-25-13-5-14-26-48/h3-32,52-54,56-67,69,73-74H,33-43H2,1-2H3,(H,68,71)/t52-,53-,54-,56-,57+,58-,59+,60-,61+,62+,63-,64-,65-,66+,67+/m1/s1. The number of carbonyl (C=O) groups is 3. The first-order valence-electron chi connectivity index (χ1n) is 29.1. The summed E-state index contributed by atoms with van der Waals surface area (Å²) in [4.78, 5) is 38.6. The third kappa shape index (κ3) is 18.5. The van der Waals surface area contributed by atoms with E-state index in [4.69, 9.17) is 56.8 Å². The van der Waals surface area contributed by atoms with E-state index < -0.39 is 111 Å². The molecule has 458 valence electrons. The van der Waals surface area contributed by atoms with Crippen LogP contribution in [0.3, 0.4) is 0 Å². The molecular formula is C67H77NO18. The van der Waals surface area contributed by atoms with Crippen molar-refractivity contribution in [2.75, 3.05) is 19.8 Å². The normalized spacial score (nSPS) is 27.4. The summed E-state index contributed by atoms with van der Waals surface area (Å²) in [6, 6.07) is 55.7. The van der Waals surface area contributed by atoms with Crippen molar-refractivity contribution in [3.63, 3.8) is 0 Å². The van der Waals surface area contributed by atoms with Gasteiger partial charge in [-0.2, -0.15) is 0 Å². The first-order chi connectivity index (χ1) is 42.0. The van der Waals surface area contributed by atoms with Gasteiger partial charge in [0.05, 0.1) is 65.9 Å². The van der Waals surface area contributed by atoms with Crippen LogP contribution in [0, 0.1) is 0 Å². The van der Waals surface area contributed by atoms with Gasteiger partial charge in [0.1, 0.15) is 72.9 Å². The Morgan fingerprint density at radius 3 is 1.22 bits per heavy atom. The topological polar surface area (TPSA) is 235 Å². The maximum Gasteiger partial charge on any atom is 0.306 e. The van der Waals surface area contributed by atoms with Gasteiger partial charge in [-0.15, -0.1) is 0 Å². The average Bonchev–Trinajstić information content (AvgIpc) is 1.08. The molecule has 3 heterocycles. The number of esters is 1. The van der Waals surface area contributed by atoms with Crippen LogP contribution in [0.5, 0.6) is 0 Å². The Morgan fingerprint density at radius 2 is 0.802 bits per heavy atom. The zero-order valence-corrected chi connectivity index (χ0v) is 48.2. The monoisotopic (exact) mass is 1180 g/mol. The number of aliphatic hydroxyl groups excluding tert-OH is 3. The summed E-state index contributed by atoms with van der Waals surface area (Å²) in [5, 5.41) is 37.3. The van der Waals surface area contributed by atoms with Crippen molar-refractivity contribution in [3.05, 3.63) is 215 Å². The molecule has 0 bridgehead atoms. The molecule has 86 heavy (non-hydrogen) atoms. The zero-order chi connectivity index (χ0) is 60.0. The maximum atomic E-state index is 13.4. The van der Waals surface area contributed by atoms with Gasteiger partial charge < -0.3 is 82.3 Å². The van der Waals surface area contributed by atoms with Crippen LogP contribution < -0.4 is 5.32 Å². The predicted molar refractivity (Wildman–Crippen MR) is 311 cm³/mol. The van der Waals surface area contributed by atoms with E-state index in [1.54, 1.807) is 0 Å². The number of Topliss-reactive ketones (excluding diaryl/α,β-unsaturated/α-hetero) is 1. The van der Waals surface area contributed by atoms with Gasteiger partial charge >= 0.3 is 5.97 Å². The van der Waals surface area contributed by atoms with Gasteiger partial charge in [0.15, 0.2) is 25.0 Å². The second-order valence-electron chi connectivity index (χ2n) is 21.5. The molecule has 4 N–H and O–H groups in total. The Balaban J connectivity index is 1.15. The minimum atomic E-state index is -1.67. The number of nitrogens with one attached hydrogen (secondary N) is 1. The molecular weight excluding hydrogens is 1110 g/mol. The number of ether oxygens (including phenoxy) is 12. The number of benzene rings is 6. The lowest BCUT2D eigenvalue weighted by Crippen LogP contribution is -2.69. The van der Waals surface area contributed by atoms with E-state index in [0.29, 0.717) is 0 Å². The molecule has 0 radical (unpaired) electrons. The van der Waals surface area contributed by atoms with Crippen LogP contribution in [-0.4, -0.2) is 145 Å². The first kappa shape index (κ1) is 63.9. The molecule has 3 aliphatic rings. The van der Waals surface area contributed by atoms with Gasteiger partial charge in [0.2, 0.25) is 5.91 Å². The quantitative estimate of drug-likeness (QED) is 0.0338. The van der Waals surface area contributed by atoms with E-state index in [1.165, 1.54) is 13.8 Å². The summed E-state index contributed by atoms with van der Waals surface area (Å²) >= 11 is 0. The molecule has 6 aromatic carbocycles. The van der Waals surface area contributed by atoms with Crippen molar-refractivity contribution in [3.8, 4) is 0 Å². The predicted octanol–water partition coefficient (Wildman–Crippen LogP) is 6.84. The van der Waals surface area contributed by atoms with Gasteiger partial charge in [-0.05, 0) is 40.3 Å². The van der Waals surface area contributed by atoms with Gasteiger partial charge in [0.25, 0.3) is 0 Å². The number of hydrogen-bond donors (Lipinski definition) is 4. The lowest BCUT2D eigenvalue weighted by Gasteiger charge is -2.51. The molecule has 6 aromatic rings. The second kappa shape index (κ2) is 32.9. The van der Waals surface area contributed by atoms with E-state index in [0.717, 1.165) is 33.4 Å². The van der Waals surface area contributed by atoms with Crippen LogP contribution in [0.1, 0.15) is 60.1 Å².